The maximum Gasteiger partial charge on any atom is 0.260 e. The van der Waals surface area contributed by atoms with Crippen LogP contribution in [0.3, 0.4) is 0 Å². The van der Waals surface area contributed by atoms with Crippen LogP contribution in [0, 0.1) is 0 Å². The lowest BCUT2D eigenvalue weighted by Crippen LogP contribution is -2.46. The van der Waals surface area contributed by atoms with Gasteiger partial charge in [-0.05, 0) is 25.0 Å². The van der Waals surface area contributed by atoms with Crippen molar-refractivity contribution >= 4 is 5.91 Å². The minimum atomic E-state index is -0.341. The second-order valence-electron chi connectivity index (χ2n) is 4.07. The van der Waals surface area contributed by atoms with Gasteiger partial charge in [-0.2, -0.15) is 0 Å². The number of nitrogens with zero attached hydrogens (tertiary/aromatic N) is 1. The Kier molecular flexibility index (Phi) is 3.05. The number of nitrogens with two attached hydrogens (primary N) is 1. The summed E-state index contributed by atoms with van der Waals surface area (Å²) in [6, 6.07) is 3.22. The highest BCUT2D eigenvalue weighted by Gasteiger charge is 2.23. The van der Waals surface area contributed by atoms with Gasteiger partial charge in [0, 0.05) is 25.3 Å². The molecule has 5 heteroatoms. The van der Waals surface area contributed by atoms with Gasteiger partial charge in [0.15, 0.2) is 0 Å². The summed E-state index contributed by atoms with van der Waals surface area (Å²) in [5.74, 6) is -0.225. The van der Waals surface area contributed by atoms with Crippen molar-refractivity contribution in [2.45, 2.75) is 18.9 Å². The van der Waals surface area contributed by atoms with E-state index >= 15 is 0 Å². The summed E-state index contributed by atoms with van der Waals surface area (Å²) in [5.41, 5.74) is 5.65. The van der Waals surface area contributed by atoms with E-state index in [2.05, 4.69) is 4.98 Å². The largest absolute Gasteiger partial charge is 0.337 e. The molecule has 1 aromatic rings. The Morgan fingerprint density at radius 1 is 1.56 bits per heavy atom. The van der Waals surface area contributed by atoms with Crippen molar-refractivity contribution in [2.24, 2.45) is 5.73 Å². The smallest absolute Gasteiger partial charge is 0.260 e. The number of nitrogens with one attached hydrogen (secondary N) is 1. The van der Waals surface area contributed by atoms with Crippen LogP contribution in [0.15, 0.2) is 23.1 Å². The minimum absolute atomic E-state index is 0.0282. The molecule has 0 bridgehead atoms. The zero-order valence-corrected chi connectivity index (χ0v) is 8.98. The molecule has 1 amide bonds. The first-order valence-electron chi connectivity index (χ1n) is 5.41. The molecular formula is C11H15N3O2. The van der Waals surface area contributed by atoms with Crippen LogP contribution in [-0.4, -0.2) is 34.9 Å². The third-order valence-corrected chi connectivity index (χ3v) is 2.79. The van der Waals surface area contributed by atoms with E-state index in [4.69, 9.17) is 5.73 Å². The second-order valence-corrected chi connectivity index (χ2v) is 4.07. The number of hydrogen-bond donors (Lipinski definition) is 2. The Morgan fingerprint density at radius 2 is 2.38 bits per heavy atom. The highest BCUT2D eigenvalue weighted by molar-refractivity contribution is 5.93. The molecule has 0 saturated carbocycles. The number of aromatic nitrogens is 1. The maximum absolute atomic E-state index is 12.0. The van der Waals surface area contributed by atoms with Gasteiger partial charge >= 0.3 is 0 Å². The van der Waals surface area contributed by atoms with Gasteiger partial charge in [0.05, 0.1) is 0 Å². The number of likely N-dealkylation sites (tertiary alicyclic amines) is 1. The molecule has 3 N–H and O–H groups in total. The van der Waals surface area contributed by atoms with E-state index < -0.39 is 0 Å². The molecule has 2 rings (SSSR count). The molecule has 0 radical (unpaired) electrons. The molecule has 0 unspecified atom stereocenters. The first-order chi connectivity index (χ1) is 7.68. The van der Waals surface area contributed by atoms with Crippen molar-refractivity contribution in [3.8, 4) is 0 Å². The van der Waals surface area contributed by atoms with Gasteiger partial charge in [0.1, 0.15) is 5.56 Å². The van der Waals surface area contributed by atoms with Gasteiger partial charge < -0.3 is 15.6 Å². The lowest BCUT2D eigenvalue weighted by atomic mass is 10.1. The standard InChI is InChI=1S/C11H15N3O2/c12-8-3-2-6-14(7-8)11(16)9-4-1-5-13-10(9)15/h1,4-5,8H,2-3,6-7,12H2,(H,13,15)/t8-/m1/s1. The van der Waals surface area contributed by atoms with Gasteiger partial charge in [-0.15, -0.1) is 0 Å². The van der Waals surface area contributed by atoms with Gasteiger partial charge in [-0.3, -0.25) is 9.59 Å². The number of aromatic amines is 1. The van der Waals surface area contributed by atoms with E-state index in [0.29, 0.717) is 13.1 Å². The fourth-order valence-electron chi connectivity index (χ4n) is 1.95. The zero-order valence-electron chi connectivity index (χ0n) is 8.98. The van der Waals surface area contributed by atoms with Gasteiger partial charge in [-0.25, -0.2) is 0 Å². The monoisotopic (exact) mass is 221 g/mol. The van der Waals surface area contributed by atoms with Gasteiger partial charge in [-0.1, -0.05) is 0 Å². The van der Waals surface area contributed by atoms with E-state index in [1.807, 2.05) is 0 Å². The van der Waals surface area contributed by atoms with Crippen LogP contribution in [0.1, 0.15) is 23.2 Å². The highest BCUT2D eigenvalue weighted by Crippen LogP contribution is 2.10. The van der Waals surface area contributed by atoms with Crippen molar-refractivity contribution in [1.29, 1.82) is 0 Å². The van der Waals surface area contributed by atoms with Crippen molar-refractivity contribution in [2.75, 3.05) is 13.1 Å². The minimum Gasteiger partial charge on any atom is -0.337 e. The molecule has 0 aromatic carbocycles. The average Bonchev–Trinajstić information content (AvgIpc) is 2.29. The number of pyridine rings is 1. The van der Waals surface area contributed by atoms with Crippen LogP contribution >= 0.6 is 0 Å². The van der Waals surface area contributed by atoms with E-state index in [-0.39, 0.29) is 23.1 Å². The van der Waals surface area contributed by atoms with Crippen LogP contribution in [0.25, 0.3) is 0 Å². The Labute approximate surface area is 93.3 Å². The summed E-state index contributed by atoms with van der Waals surface area (Å²) in [6.45, 7) is 1.22. The van der Waals surface area contributed by atoms with Gasteiger partial charge in [0.25, 0.3) is 11.5 Å². The lowest BCUT2D eigenvalue weighted by molar-refractivity contribution is 0.0707. The van der Waals surface area contributed by atoms with Crippen LogP contribution < -0.4 is 11.3 Å². The SMILES string of the molecule is N[C@@H]1CCCN(C(=O)c2ccc[nH]c2=O)C1. The second kappa shape index (κ2) is 4.49. The summed E-state index contributed by atoms with van der Waals surface area (Å²) < 4.78 is 0. The number of H-pyrrole nitrogens is 1. The number of piperidine rings is 1. The molecular weight excluding hydrogens is 206 g/mol. The highest BCUT2D eigenvalue weighted by atomic mass is 16.2. The van der Waals surface area contributed by atoms with Crippen molar-refractivity contribution < 1.29 is 4.79 Å². The van der Waals surface area contributed by atoms with E-state index in [1.165, 1.54) is 6.20 Å². The first-order valence-corrected chi connectivity index (χ1v) is 5.41. The quantitative estimate of drug-likeness (QED) is 0.697. The molecule has 0 aliphatic carbocycles. The Bertz CT molecular complexity index is 441. The third kappa shape index (κ3) is 2.14. The van der Waals surface area contributed by atoms with Crippen molar-refractivity contribution in [1.82, 2.24) is 9.88 Å². The maximum atomic E-state index is 12.0. The summed E-state index contributed by atoms with van der Waals surface area (Å²) in [7, 11) is 0. The summed E-state index contributed by atoms with van der Waals surface area (Å²) in [4.78, 5) is 27.6. The molecule has 1 aromatic heterocycles. The summed E-state index contributed by atoms with van der Waals surface area (Å²) in [6.07, 6.45) is 3.35. The molecule has 1 aliphatic rings. The third-order valence-electron chi connectivity index (χ3n) is 2.79. The molecule has 1 fully saturated rings. The molecule has 86 valence electrons. The van der Waals surface area contributed by atoms with E-state index in [9.17, 15) is 9.59 Å². The van der Waals surface area contributed by atoms with Gasteiger partial charge in [0.2, 0.25) is 0 Å². The molecule has 1 aliphatic heterocycles. The van der Waals surface area contributed by atoms with E-state index in [1.54, 1.807) is 17.0 Å². The number of hydrogen-bond acceptors (Lipinski definition) is 3. The summed E-state index contributed by atoms with van der Waals surface area (Å²) >= 11 is 0. The molecule has 1 atom stereocenters. The first kappa shape index (κ1) is 10.9. The Hall–Kier alpha value is -1.62. The summed E-state index contributed by atoms with van der Waals surface area (Å²) in [5, 5.41) is 0. The predicted molar refractivity (Wildman–Crippen MR) is 60.2 cm³/mol. The fraction of sp³-hybridized carbons (Fsp3) is 0.455. The normalized spacial score (nSPS) is 20.8. The molecule has 16 heavy (non-hydrogen) atoms. The number of rotatable bonds is 1. The number of carbonyl (C=O) groups is 1. The van der Waals surface area contributed by atoms with Crippen LogP contribution in [-0.2, 0) is 0 Å². The Balaban J connectivity index is 2.19. The molecule has 5 nitrogen and oxygen atoms in total. The van der Waals surface area contributed by atoms with Crippen LogP contribution in [0.2, 0.25) is 0 Å². The topological polar surface area (TPSA) is 79.2 Å². The van der Waals surface area contributed by atoms with Crippen molar-refractivity contribution in [3.05, 3.63) is 34.2 Å². The zero-order chi connectivity index (χ0) is 11.5. The predicted octanol–water partition coefficient (Wildman–Crippen LogP) is -0.0618. The van der Waals surface area contributed by atoms with Crippen LogP contribution in [0.4, 0.5) is 0 Å². The van der Waals surface area contributed by atoms with Crippen molar-refractivity contribution in [3.63, 3.8) is 0 Å². The fourth-order valence-corrected chi connectivity index (χ4v) is 1.95. The molecule has 1 saturated heterocycles. The number of amides is 1. The van der Waals surface area contributed by atoms with Crippen LogP contribution in [0.5, 0.6) is 0 Å². The number of carbonyl (C=O) groups excluding carboxylic acids is 1. The average molecular weight is 221 g/mol. The Morgan fingerprint density at radius 3 is 3.06 bits per heavy atom. The molecule has 2 heterocycles. The van der Waals surface area contributed by atoms with E-state index in [0.717, 1.165) is 12.8 Å². The lowest BCUT2D eigenvalue weighted by Gasteiger charge is -2.30. The molecule has 0 spiro atoms.